The summed E-state index contributed by atoms with van der Waals surface area (Å²) >= 11 is 13.6. The van der Waals surface area contributed by atoms with E-state index in [0.717, 1.165) is 0 Å². The van der Waals surface area contributed by atoms with E-state index < -0.39 is 17.8 Å². The standard InChI is InChI=1S/C31H40Cl2N6O7/c1-17-24(18(2)46-37-17)26-25(33)28(34-19-10-12-39(13-11-19)30(42)43-7)36-27(35-26)22-14-21(8-9-23(22)32)44-16-20(40)15-38(6)29(41)45-31(3,4)5/h8-9,14,19-20,40H,10-13,15-16H2,1-7H3,(H,34,35,36)/t20-/m1/s1. The second kappa shape index (κ2) is 14.7. The number of hydrogen-bond donors (Lipinski definition) is 2. The van der Waals surface area contributed by atoms with Gasteiger partial charge in [0.15, 0.2) is 5.82 Å². The van der Waals surface area contributed by atoms with E-state index in [1.54, 1.807) is 64.8 Å². The lowest BCUT2D eigenvalue weighted by Crippen LogP contribution is -2.42. The fourth-order valence-electron chi connectivity index (χ4n) is 4.92. The van der Waals surface area contributed by atoms with Gasteiger partial charge in [0.2, 0.25) is 0 Å². The average Bonchev–Trinajstić information content (AvgIpc) is 3.34. The third-order valence-electron chi connectivity index (χ3n) is 7.20. The molecule has 0 radical (unpaired) electrons. The van der Waals surface area contributed by atoms with Gasteiger partial charge in [0.1, 0.15) is 46.4 Å². The largest absolute Gasteiger partial charge is 0.491 e. The van der Waals surface area contributed by atoms with E-state index in [1.807, 2.05) is 0 Å². The number of methoxy groups -OCH3 is 1. The number of halogens is 2. The first-order chi connectivity index (χ1) is 21.7. The van der Waals surface area contributed by atoms with Crippen LogP contribution in [0.5, 0.6) is 5.75 Å². The average molecular weight is 680 g/mol. The summed E-state index contributed by atoms with van der Waals surface area (Å²) in [6.07, 6.45) is -0.591. The van der Waals surface area contributed by atoms with Crippen molar-refractivity contribution in [2.24, 2.45) is 0 Å². The summed E-state index contributed by atoms with van der Waals surface area (Å²) in [5.74, 6) is 1.60. The predicted molar refractivity (Wildman–Crippen MR) is 173 cm³/mol. The van der Waals surface area contributed by atoms with E-state index in [4.69, 9.17) is 51.9 Å². The maximum atomic E-state index is 12.3. The summed E-state index contributed by atoms with van der Waals surface area (Å²) in [5.41, 5.74) is 1.47. The van der Waals surface area contributed by atoms with Gasteiger partial charge in [-0.25, -0.2) is 19.6 Å². The highest BCUT2D eigenvalue weighted by molar-refractivity contribution is 6.35. The number of carbonyl (C=O) groups excluding carboxylic acids is 2. The molecule has 0 bridgehead atoms. The van der Waals surface area contributed by atoms with Crippen LogP contribution in [0.3, 0.4) is 0 Å². The van der Waals surface area contributed by atoms with Crippen LogP contribution < -0.4 is 10.1 Å². The number of aliphatic hydroxyl groups excluding tert-OH is 1. The van der Waals surface area contributed by atoms with Crippen LogP contribution in [0.15, 0.2) is 22.7 Å². The lowest BCUT2D eigenvalue weighted by atomic mass is 10.0. The molecule has 13 nitrogen and oxygen atoms in total. The molecule has 2 aromatic heterocycles. The normalized spacial score (nSPS) is 14.5. The molecule has 0 spiro atoms. The number of hydrogen-bond acceptors (Lipinski definition) is 11. The highest BCUT2D eigenvalue weighted by Gasteiger charge is 2.27. The lowest BCUT2D eigenvalue weighted by molar-refractivity contribution is 0.0154. The van der Waals surface area contributed by atoms with Gasteiger partial charge in [-0.15, -0.1) is 0 Å². The predicted octanol–water partition coefficient (Wildman–Crippen LogP) is 5.97. The maximum Gasteiger partial charge on any atom is 0.410 e. The molecule has 0 unspecified atom stereocenters. The molecule has 46 heavy (non-hydrogen) atoms. The lowest BCUT2D eigenvalue weighted by Gasteiger charge is -2.31. The van der Waals surface area contributed by atoms with Crippen LogP contribution in [0, 0.1) is 13.8 Å². The zero-order chi connectivity index (χ0) is 33.8. The van der Waals surface area contributed by atoms with Crippen LogP contribution in [0.4, 0.5) is 15.4 Å². The van der Waals surface area contributed by atoms with Crippen LogP contribution in [0.25, 0.3) is 22.6 Å². The van der Waals surface area contributed by atoms with Gasteiger partial charge in [0.05, 0.1) is 29.9 Å². The molecule has 0 saturated carbocycles. The number of ether oxygens (including phenoxy) is 3. The van der Waals surface area contributed by atoms with Gasteiger partial charge in [0.25, 0.3) is 0 Å². The molecule has 3 aromatic rings. The van der Waals surface area contributed by atoms with Crippen molar-refractivity contribution in [3.05, 3.63) is 39.7 Å². The minimum absolute atomic E-state index is 0.00401. The van der Waals surface area contributed by atoms with Crippen molar-refractivity contribution in [2.45, 2.75) is 65.2 Å². The quantitative estimate of drug-likeness (QED) is 0.275. The third kappa shape index (κ3) is 8.71. The minimum Gasteiger partial charge on any atom is -0.491 e. The second-order valence-corrected chi connectivity index (χ2v) is 12.9. The van der Waals surface area contributed by atoms with Gasteiger partial charge in [-0.2, -0.15) is 0 Å². The van der Waals surface area contributed by atoms with Crippen LogP contribution in [-0.2, 0) is 9.47 Å². The van der Waals surface area contributed by atoms with Gasteiger partial charge in [0, 0.05) is 31.7 Å². The zero-order valence-electron chi connectivity index (χ0n) is 27.0. The number of anilines is 1. The van der Waals surface area contributed by atoms with Crippen molar-refractivity contribution in [2.75, 3.05) is 45.7 Å². The van der Waals surface area contributed by atoms with Crippen LogP contribution in [0.2, 0.25) is 10.0 Å². The molecule has 1 saturated heterocycles. The number of carbonyl (C=O) groups is 2. The van der Waals surface area contributed by atoms with Gasteiger partial charge >= 0.3 is 12.2 Å². The first kappa shape index (κ1) is 35.1. The molecular weight excluding hydrogens is 639 g/mol. The fourth-order valence-corrected chi connectivity index (χ4v) is 5.36. The Morgan fingerprint density at radius 1 is 1.20 bits per heavy atom. The Balaban J connectivity index is 1.59. The van der Waals surface area contributed by atoms with E-state index in [0.29, 0.717) is 70.8 Å². The molecular formula is C31H40Cl2N6O7. The number of nitrogens with one attached hydrogen (secondary N) is 1. The van der Waals surface area contributed by atoms with E-state index in [2.05, 4.69) is 10.5 Å². The first-order valence-electron chi connectivity index (χ1n) is 14.8. The van der Waals surface area contributed by atoms with E-state index in [-0.39, 0.29) is 36.1 Å². The van der Waals surface area contributed by atoms with Crippen LogP contribution >= 0.6 is 23.2 Å². The molecule has 250 valence electrons. The SMILES string of the molecule is COC(=O)N1CCC(Nc2nc(-c3cc(OC[C@H](O)CN(C)C(=O)OC(C)(C)C)ccc3Cl)nc(-c3c(C)noc3C)c2Cl)CC1. The highest BCUT2D eigenvalue weighted by atomic mass is 35.5. The molecule has 1 aliphatic heterocycles. The summed E-state index contributed by atoms with van der Waals surface area (Å²) in [4.78, 5) is 36.7. The van der Waals surface area contributed by atoms with Gasteiger partial charge < -0.3 is 39.0 Å². The summed E-state index contributed by atoms with van der Waals surface area (Å²) < 4.78 is 21.5. The fraction of sp³-hybridized carbons (Fsp3) is 0.516. The molecule has 1 atom stereocenters. The Hall–Kier alpha value is -3.81. The number of piperidine rings is 1. The van der Waals surface area contributed by atoms with Crippen LogP contribution in [0.1, 0.15) is 45.1 Å². The smallest absolute Gasteiger partial charge is 0.410 e. The van der Waals surface area contributed by atoms with Crippen molar-refractivity contribution in [3.8, 4) is 28.4 Å². The van der Waals surface area contributed by atoms with Crippen molar-refractivity contribution in [1.29, 1.82) is 0 Å². The second-order valence-electron chi connectivity index (χ2n) is 12.1. The van der Waals surface area contributed by atoms with E-state index in [9.17, 15) is 14.7 Å². The highest BCUT2D eigenvalue weighted by Crippen LogP contribution is 2.39. The zero-order valence-corrected chi connectivity index (χ0v) is 28.5. The Kier molecular flexibility index (Phi) is 11.2. The Bertz CT molecular complexity index is 1530. The Morgan fingerprint density at radius 2 is 1.89 bits per heavy atom. The summed E-state index contributed by atoms with van der Waals surface area (Å²) in [6, 6.07) is 4.96. The molecule has 15 heteroatoms. The summed E-state index contributed by atoms with van der Waals surface area (Å²) in [7, 11) is 2.91. The van der Waals surface area contributed by atoms with Crippen molar-refractivity contribution < 1.29 is 33.4 Å². The monoisotopic (exact) mass is 678 g/mol. The van der Waals surface area contributed by atoms with Crippen molar-refractivity contribution in [3.63, 3.8) is 0 Å². The number of nitrogens with zero attached hydrogens (tertiary/aromatic N) is 5. The number of aromatic nitrogens is 3. The number of benzene rings is 1. The van der Waals surface area contributed by atoms with E-state index >= 15 is 0 Å². The third-order valence-corrected chi connectivity index (χ3v) is 7.89. The first-order valence-corrected chi connectivity index (χ1v) is 15.6. The molecule has 1 aliphatic rings. The number of aliphatic hydroxyl groups is 1. The molecule has 1 fully saturated rings. The number of rotatable bonds is 9. The number of likely N-dealkylation sites (tertiary alicyclic amines) is 1. The number of likely N-dealkylation sites (N-methyl/N-ethyl adjacent to an activating group) is 1. The van der Waals surface area contributed by atoms with Gasteiger partial charge in [-0.05, 0) is 65.7 Å². The minimum atomic E-state index is -0.990. The summed E-state index contributed by atoms with van der Waals surface area (Å²) in [6.45, 7) is 9.82. The molecule has 0 aliphatic carbocycles. The maximum absolute atomic E-state index is 12.3. The number of amides is 2. The van der Waals surface area contributed by atoms with Crippen molar-refractivity contribution >= 4 is 41.2 Å². The molecule has 4 rings (SSSR count). The van der Waals surface area contributed by atoms with Gasteiger partial charge in [-0.1, -0.05) is 28.4 Å². The Labute approximate surface area is 278 Å². The van der Waals surface area contributed by atoms with E-state index in [1.165, 1.54) is 12.0 Å². The topological polar surface area (TPSA) is 152 Å². The number of aryl methyl sites for hydroxylation is 2. The molecule has 2 N–H and O–H groups in total. The molecule has 2 amide bonds. The van der Waals surface area contributed by atoms with Crippen LogP contribution in [-0.4, -0.2) is 100 Å². The van der Waals surface area contributed by atoms with Gasteiger partial charge in [-0.3, -0.25) is 0 Å². The van der Waals surface area contributed by atoms with Crippen molar-refractivity contribution in [1.82, 2.24) is 24.9 Å². The molecule has 1 aromatic carbocycles. The Morgan fingerprint density at radius 3 is 2.50 bits per heavy atom. The molecule has 3 heterocycles. The summed E-state index contributed by atoms with van der Waals surface area (Å²) in [5, 5.41) is 18.7.